The maximum absolute atomic E-state index is 10.6. The van der Waals surface area contributed by atoms with E-state index < -0.39 is 0 Å². The van der Waals surface area contributed by atoms with Gasteiger partial charge in [-0.3, -0.25) is 0 Å². The van der Waals surface area contributed by atoms with Crippen LogP contribution in [0.1, 0.15) is 0 Å². The van der Waals surface area contributed by atoms with Gasteiger partial charge in [0.15, 0.2) is 6.10 Å². The molecule has 3 heteroatoms. The highest BCUT2D eigenvalue weighted by Crippen LogP contribution is 2.06. The number of nitrogens with zero attached hydrogens (tertiary/aromatic N) is 1. The minimum absolute atomic E-state index is 0.335. The zero-order chi connectivity index (χ0) is 6.85. The number of likely N-dealkylation sites (N-methyl/N-ethyl adjacent to an activating group) is 1. The van der Waals surface area contributed by atoms with E-state index in [1.165, 1.54) is 4.90 Å². The number of ether oxygens (including phenoxy) is 1. The summed E-state index contributed by atoms with van der Waals surface area (Å²) in [5, 5.41) is 0. The van der Waals surface area contributed by atoms with Gasteiger partial charge in [-0.25, -0.2) is 4.79 Å². The van der Waals surface area contributed by atoms with Crippen LogP contribution in [0.15, 0.2) is 0 Å². The maximum atomic E-state index is 10.6. The molecule has 0 N–H and O–H groups in total. The van der Waals surface area contributed by atoms with Crippen LogP contribution in [0.4, 0.5) is 4.79 Å². The minimum Gasteiger partial charge on any atom is -0.431 e. The lowest BCUT2D eigenvalue weighted by molar-refractivity contribution is 0.151. The zero-order valence-corrected chi connectivity index (χ0v) is 5.13. The van der Waals surface area contributed by atoms with Crippen molar-refractivity contribution in [1.29, 1.82) is 0 Å². The molecule has 0 aliphatic carbocycles. The molecule has 3 nitrogen and oxygen atoms in total. The first kappa shape index (κ1) is 5.96. The number of hydrogen-bond acceptors (Lipinski definition) is 2. The average molecular weight is 125 g/mol. The quantitative estimate of drug-likeness (QED) is 0.429. The van der Waals surface area contributed by atoms with Crippen LogP contribution in [0.5, 0.6) is 0 Å². The number of amides is 1. The van der Waals surface area contributed by atoms with Gasteiger partial charge in [-0.15, -0.1) is 6.42 Å². The van der Waals surface area contributed by atoms with Crippen LogP contribution in [0.25, 0.3) is 0 Å². The molecule has 0 saturated carbocycles. The molecule has 1 aliphatic rings. The highest BCUT2D eigenvalue weighted by Gasteiger charge is 2.25. The lowest BCUT2D eigenvalue weighted by Crippen LogP contribution is -2.18. The molecule has 0 aromatic carbocycles. The number of hydrogen-bond donors (Lipinski definition) is 0. The molecule has 1 fully saturated rings. The van der Waals surface area contributed by atoms with Gasteiger partial charge in [0, 0.05) is 7.05 Å². The van der Waals surface area contributed by atoms with Gasteiger partial charge in [0.25, 0.3) is 0 Å². The van der Waals surface area contributed by atoms with E-state index in [9.17, 15) is 4.79 Å². The van der Waals surface area contributed by atoms with Crippen LogP contribution in [0.3, 0.4) is 0 Å². The maximum Gasteiger partial charge on any atom is 0.410 e. The van der Waals surface area contributed by atoms with Crippen molar-refractivity contribution in [2.45, 2.75) is 6.10 Å². The van der Waals surface area contributed by atoms with E-state index in [0.717, 1.165) is 0 Å². The number of terminal acetylenes is 1. The molecule has 1 unspecified atom stereocenters. The Morgan fingerprint density at radius 2 is 2.67 bits per heavy atom. The second-order valence-corrected chi connectivity index (χ2v) is 1.92. The van der Waals surface area contributed by atoms with Gasteiger partial charge < -0.3 is 9.64 Å². The molecule has 0 spiro atoms. The minimum atomic E-state index is -0.345. The third-order valence-corrected chi connectivity index (χ3v) is 1.18. The lowest BCUT2D eigenvalue weighted by Gasteiger charge is -1.98. The molecule has 1 aliphatic heterocycles. The Kier molecular flexibility index (Phi) is 1.31. The smallest absolute Gasteiger partial charge is 0.410 e. The molecule has 0 aromatic rings. The van der Waals surface area contributed by atoms with E-state index in [0.29, 0.717) is 6.54 Å². The largest absolute Gasteiger partial charge is 0.431 e. The Hall–Kier alpha value is -1.17. The van der Waals surface area contributed by atoms with Crippen molar-refractivity contribution in [3.8, 4) is 12.3 Å². The summed E-state index contributed by atoms with van der Waals surface area (Å²) in [7, 11) is 1.65. The number of carbonyl (C=O) groups excluding carboxylic acids is 1. The highest BCUT2D eigenvalue weighted by molar-refractivity contribution is 5.70. The van der Waals surface area contributed by atoms with Gasteiger partial charge in [-0.2, -0.15) is 0 Å². The second-order valence-electron chi connectivity index (χ2n) is 1.92. The van der Waals surface area contributed by atoms with Crippen LogP contribution in [-0.4, -0.2) is 30.7 Å². The van der Waals surface area contributed by atoms with Gasteiger partial charge in [0.2, 0.25) is 0 Å². The fraction of sp³-hybridized carbons (Fsp3) is 0.500. The van der Waals surface area contributed by atoms with Crippen molar-refractivity contribution >= 4 is 6.09 Å². The molecule has 1 atom stereocenters. The monoisotopic (exact) mass is 125 g/mol. The Morgan fingerprint density at radius 3 is 2.89 bits per heavy atom. The first-order valence-electron chi connectivity index (χ1n) is 2.62. The van der Waals surface area contributed by atoms with E-state index in [1.54, 1.807) is 7.05 Å². The highest BCUT2D eigenvalue weighted by atomic mass is 16.6. The van der Waals surface area contributed by atoms with Crippen LogP contribution < -0.4 is 0 Å². The topological polar surface area (TPSA) is 29.5 Å². The number of carbonyl (C=O) groups is 1. The van der Waals surface area contributed by atoms with E-state index in [4.69, 9.17) is 6.42 Å². The third kappa shape index (κ3) is 0.968. The van der Waals surface area contributed by atoms with Gasteiger partial charge >= 0.3 is 6.09 Å². The molecule has 1 saturated heterocycles. The molecule has 1 rings (SSSR count). The van der Waals surface area contributed by atoms with E-state index >= 15 is 0 Å². The molecule has 0 radical (unpaired) electrons. The summed E-state index contributed by atoms with van der Waals surface area (Å²) >= 11 is 0. The Bertz CT molecular complexity index is 170. The van der Waals surface area contributed by atoms with Crippen molar-refractivity contribution in [3.05, 3.63) is 0 Å². The zero-order valence-electron chi connectivity index (χ0n) is 5.13. The van der Waals surface area contributed by atoms with Crippen molar-refractivity contribution in [2.24, 2.45) is 0 Å². The Labute approximate surface area is 53.6 Å². The molecular formula is C6H7NO2. The molecule has 9 heavy (non-hydrogen) atoms. The van der Waals surface area contributed by atoms with Gasteiger partial charge in [-0.05, 0) is 0 Å². The summed E-state index contributed by atoms with van der Waals surface area (Å²) in [4.78, 5) is 12.0. The summed E-state index contributed by atoms with van der Waals surface area (Å²) in [6.07, 6.45) is 4.32. The normalized spacial score (nSPS) is 25.6. The summed E-state index contributed by atoms with van der Waals surface area (Å²) in [5.74, 6) is 2.34. The van der Waals surface area contributed by atoms with Crippen molar-refractivity contribution in [2.75, 3.05) is 13.6 Å². The number of cyclic esters (lactones) is 1. The summed E-state index contributed by atoms with van der Waals surface area (Å²) < 4.78 is 4.67. The SMILES string of the molecule is C#CC1CN(C)C(=O)O1. The molecule has 1 heterocycles. The lowest BCUT2D eigenvalue weighted by atomic mass is 10.4. The van der Waals surface area contributed by atoms with Crippen molar-refractivity contribution in [1.82, 2.24) is 4.90 Å². The second kappa shape index (κ2) is 1.98. The van der Waals surface area contributed by atoms with Gasteiger partial charge in [0.1, 0.15) is 0 Å². The van der Waals surface area contributed by atoms with Crippen LogP contribution in [-0.2, 0) is 4.74 Å². The van der Waals surface area contributed by atoms with E-state index in [1.807, 2.05) is 0 Å². The van der Waals surface area contributed by atoms with Crippen molar-refractivity contribution in [3.63, 3.8) is 0 Å². The summed E-state index contributed by atoms with van der Waals surface area (Å²) in [6.45, 7) is 0.509. The fourth-order valence-electron chi connectivity index (χ4n) is 0.659. The third-order valence-electron chi connectivity index (χ3n) is 1.18. The average Bonchev–Trinajstić information content (AvgIpc) is 2.13. The Morgan fingerprint density at radius 1 is 2.00 bits per heavy atom. The predicted octanol–water partition coefficient (Wildman–Crippen LogP) is 0.0702. The Balaban J connectivity index is 2.57. The number of rotatable bonds is 0. The van der Waals surface area contributed by atoms with Gasteiger partial charge in [0.05, 0.1) is 6.54 Å². The van der Waals surface area contributed by atoms with E-state index in [2.05, 4.69) is 10.7 Å². The van der Waals surface area contributed by atoms with Gasteiger partial charge in [-0.1, -0.05) is 5.92 Å². The molecule has 0 aromatic heterocycles. The summed E-state index contributed by atoms with van der Waals surface area (Å²) in [5.41, 5.74) is 0. The van der Waals surface area contributed by atoms with Crippen LogP contribution in [0.2, 0.25) is 0 Å². The van der Waals surface area contributed by atoms with E-state index in [-0.39, 0.29) is 12.2 Å². The summed E-state index contributed by atoms with van der Waals surface area (Å²) in [6, 6.07) is 0. The molecule has 1 amide bonds. The standard InChI is InChI=1S/C6H7NO2/c1-3-5-4-7(2)6(8)9-5/h1,5H,4H2,2H3. The van der Waals surface area contributed by atoms with Crippen LogP contribution >= 0.6 is 0 Å². The van der Waals surface area contributed by atoms with Crippen molar-refractivity contribution < 1.29 is 9.53 Å². The molecular weight excluding hydrogens is 118 g/mol. The first-order valence-corrected chi connectivity index (χ1v) is 2.62. The van der Waals surface area contributed by atoms with Crippen LogP contribution in [0, 0.1) is 12.3 Å². The first-order chi connectivity index (χ1) is 4.24. The molecule has 48 valence electrons. The predicted molar refractivity (Wildman–Crippen MR) is 31.7 cm³/mol. The fourth-order valence-corrected chi connectivity index (χ4v) is 0.659. The molecule has 0 bridgehead atoms.